The number of aromatic nitrogens is 3. The topological polar surface area (TPSA) is 14.8 Å². The van der Waals surface area contributed by atoms with Crippen molar-refractivity contribution in [3.05, 3.63) is 90.6 Å². The Morgan fingerprint density at radius 2 is 0.906 bits per heavy atom. The minimum Gasteiger partial charge on any atom is -0.312 e. The van der Waals surface area contributed by atoms with E-state index in [0.29, 0.717) is 21.8 Å². The molecule has 0 saturated carbocycles. The highest BCUT2D eigenvalue weighted by Gasteiger charge is 2.29. The molecule has 3 aromatic heterocycles. The van der Waals surface area contributed by atoms with Crippen molar-refractivity contribution in [2.24, 2.45) is 0 Å². The largest absolute Gasteiger partial charge is 0.312 e. The first-order valence-corrected chi connectivity index (χ1v) is 20.1. The molecule has 0 fully saturated rings. The number of hydrogen-bond acceptors (Lipinski definition) is 0. The van der Waals surface area contributed by atoms with Crippen molar-refractivity contribution in [3.63, 3.8) is 0 Å². The number of hydrogen-bond donors (Lipinski definition) is 0. The molecule has 0 spiro atoms. The molecule has 264 valence electrons. The van der Waals surface area contributed by atoms with Gasteiger partial charge in [0.1, 0.15) is 110 Å². The highest BCUT2D eigenvalue weighted by atomic mass is 15.0. The standard InChI is InChI=1S/C47H19B14N3/c1-3-10-18-19-15-16-23-24(43(19)62(21(18)4-2)17-11-6-5-7-12-17)20-13-8-9-14-22(20)63(23)46-32(51)28-26-25-27(30(49)34(53)33(52)29(25)48)31(50)38(57)44(26)64(45(28)41(60)42(46)61)47-39(58)36(55)35(54)37(56)40(47)59/h3-16H,2H2,1H3/b10-3-. The van der Waals surface area contributed by atoms with Crippen LogP contribution in [0.3, 0.4) is 0 Å². The van der Waals surface area contributed by atoms with E-state index in [1.165, 1.54) is 0 Å². The molecule has 0 bridgehead atoms. The highest BCUT2D eigenvalue weighted by Crippen LogP contribution is 2.42. The van der Waals surface area contributed by atoms with Crippen LogP contribution in [0.5, 0.6) is 0 Å². The van der Waals surface area contributed by atoms with Crippen LogP contribution in [0.25, 0.3) is 94.5 Å². The van der Waals surface area contributed by atoms with Gasteiger partial charge in [0.05, 0.1) is 22.2 Å². The fraction of sp³-hybridized carbons (Fsp3) is 0.0213. The highest BCUT2D eigenvalue weighted by molar-refractivity contribution is 6.73. The Kier molecular flexibility index (Phi) is 9.87. The number of rotatable bonds is 5. The van der Waals surface area contributed by atoms with Gasteiger partial charge in [-0.3, -0.25) is 0 Å². The Hall–Kier alpha value is -5.67. The van der Waals surface area contributed by atoms with Gasteiger partial charge in [-0.25, -0.2) is 0 Å². The van der Waals surface area contributed by atoms with E-state index < -0.39 is 0 Å². The molecule has 0 aliphatic rings. The summed E-state index contributed by atoms with van der Waals surface area (Å²) in [6.07, 6.45) is 5.98. The van der Waals surface area contributed by atoms with Gasteiger partial charge in [0.15, 0.2) is 0 Å². The molecule has 0 unspecified atom stereocenters. The summed E-state index contributed by atoms with van der Waals surface area (Å²) in [6, 6.07) is 22.2. The lowest BCUT2D eigenvalue weighted by atomic mass is 9.61. The van der Waals surface area contributed by atoms with Crippen LogP contribution in [0.2, 0.25) is 0 Å². The number of fused-ring (bicyclic) bond motifs is 10. The maximum absolute atomic E-state index is 7.61. The number of benzene rings is 7. The molecule has 0 saturated heterocycles. The average molecular weight is 777 g/mol. The fourth-order valence-electron chi connectivity index (χ4n) is 9.78. The van der Waals surface area contributed by atoms with E-state index in [1.807, 2.05) is 66.1 Å². The smallest absolute Gasteiger partial charge is 0.117 e. The normalized spacial score (nSPS) is 12.1. The molecular formula is C47H19B14N3. The van der Waals surface area contributed by atoms with E-state index in [-0.39, 0.29) is 98.6 Å². The zero-order valence-electron chi connectivity index (χ0n) is 34.7. The lowest BCUT2D eigenvalue weighted by Gasteiger charge is -2.26. The summed E-state index contributed by atoms with van der Waals surface area (Å²) in [7, 11) is 95.6. The third-order valence-electron chi connectivity index (χ3n) is 12.7. The fourth-order valence-corrected chi connectivity index (χ4v) is 9.78. The molecule has 0 N–H and O–H groups in total. The maximum Gasteiger partial charge on any atom is 0.117 e. The van der Waals surface area contributed by atoms with E-state index in [1.54, 1.807) is 4.57 Å². The molecule has 0 aliphatic carbocycles. The molecule has 28 radical (unpaired) electrons. The van der Waals surface area contributed by atoms with Gasteiger partial charge in [-0.05, 0) is 48.0 Å². The van der Waals surface area contributed by atoms with E-state index in [9.17, 15) is 0 Å². The molecule has 0 aliphatic heterocycles. The van der Waals surface area contributed by atoms with Crippen LogP contribution in [0.1, 0.15) is 18.2 Å². The Labute approximate surface area is 390 Å². The molecule has 3 nitrogen and oxygen atoms in total. The van der Waals surface area contributed by atoms with Crippen molar-refractivity contribution < 1.29 is 0 Å². The van der Waals surface area contributed by atoms with Crippen LogP contribution >= 0.6 is 0 Å². The van der Waals surface area contributed by atoms with Gasteiger partial charge >= 0.3 is 0 Å². The van der Waals surface area contributed by atoms with Gasteiger partial charge in [0, 0.05) is 60.6 Å². The van der Waals surface area contributed by atoms with Gasteiger partial charge in [0.25, 0.3) is 0 Å². The number of para-hydroxylation sites is 2. The van der Waals surface area contributed by atoms with Crippen LogP contribution < -0.4 is 76.5 Å². The van der Waals surface area contributed by atoms with Gasteiger partial charge in [-0.15, -0.1) is 27.3 Å². The molecule has 10 aromatic rings. The summed E-state index contributed by atoms with van der Waals surface area (Å²) in [5, 5.41) is 4.07. The monoisotopic (exact) mass is 779 g/mol. The first kappa shape index (κ1) is 42.3. The average Bonchev–Trinajstić information content (AvgIpc) is 3.93. The second-order valence-electron chi connectivity index (χ2n) is 15.9. The number of allylic oxidation sites excluding steroid dienone is 1. The molecule has 0 atom stereocenters. The first-order chi connectivity index (χ1) is 30.6. The SMILES string of the molecule is [B]c1c([B])c([B])c(-n2c3c([B])c([B])c(-n4c5ccccc5c5c6c(ccc54)c(/C=C\C)c(C=C)n6-c4ccccc4)c([B])c3c3c4c([B])c([B])c([B])c([B])c4c([B])c([B])c32)c([B])c1[B]. The summed E-state index contributed by atoms with van der Waals surface area (Å²) in [5.41, 5.74) is 6.70. The van der Waals surface area contributed by atoms with Crippen molar-refractivity contribution in [1.29, 1.82) is 0 Å². The van der Waals surface area contributed by atoms with Crippen molar-refractivity contribution in [3.8, 4) is 17.1 Å². The molecule has 17 heteroatoms. The molecular weight excluding hydrogens is 758 g/mol. The summed E-state index contributed by atoms with van der Waals surface area (Å²) >= 11 is 0. The Morgan fingerprint density at radius 3 is 1.55 bits per heavy atom. The van der Waals surface area contributed by atoms with E-state index in [2.05, 4.69) is 41.5 Å². The third-order valence-corrected chi connectivity index (χ3v) is 12.7. The van der Waals surface area contributed by atoms with Crippen LogP contribution in [-0.2, 0) is 0 Å². The quantitative estimate of drug-likeness (QED) is 0.158. The van der Waals surface area contributed by atoms with E-state index in [4.69, 9.17) is 110 Å². The lowest BCUT2D eigenvalue weighted by Crippen LogP contribution is -2.56. The lowest BCUT2D eigenvalue weighted by molar-refractivity contribution is 1.11. The number of nitrogens with zero attached hydrogens (tertiary/aromatic N) is 3. The van der Waals surface area contributed by atoms with Crippen molar-refractivity contribution in [1.82, 2.24) is 13.7 Å². The van der Waals surface area contributed by atoms with E-state index >= 15 is 0 Å². The molecule has 10 rings (SSSR count). The third kappa shape index (κ3) is 5.36. The second-order valence-corrected chi connectivity index (χ2v) is 15.9. The Morgan fingerprint density at radius 1 is 0.391 bits per heavy atom. The zero-order chi connectivity index (χ0) is 45.5. The predicted octanol–water partition coefficient (Wildman–Crippen LogP) is -4.23. The Balaban J connectivity index is 1.49. The molecule has 0 amide bonds. The molecule has 3 heterocycles. The minimum atomic E-state index is -0.0324. The predicted molar refractivity (Wildman–Crippen MR) is 290 cm³/mol. The van der Waals surface area contributed by atoms with Crippen molar-refractivity contribution in [2.75, 3.05) is 0 Å². The van der Waals surface area contributed by atoms with Gasteiger partial charge in [-0.1, -0.05) is 110 Å². The van der Waals surface area contributed by atoms with E-state index in [0.717, 1.165) is 49.7 Å². The van der Waals surface area contributed by atoms with Gasteiger partial charge in [-0.2, -0.15) is 0 Å². The van der Waals surface area contributed by atoms with Crippen LogP contribution in [0, 0.1) is 0 Å². The summed E-state index contributed by atoms with van der Waals surface area (Å²) < 4.78 is 5.81. The van der Waals surface area contributed by atoms with Gasteiger partial charge in [0.2, 0.25) is 0 Å². The summed E-state index contributed by atoms with van der Waals surface area (Å²) in [4.78, 5) is 0. The minimum absolute atomic E-state index is 0.0102. The summed E-state index contributed by atoms with van der Waals surface area (Å²) in [5.74, 6) is 0. The molecule has 7 aromatic carbocycles. The van der Waals surface area contributed by atoms with Crippen LogP contribution in [0.4, 0.5) is 0 Å². The Bertz CT molecular complexity index is 3770. The zero-order valence-corrected chi connectivity index (χ0v) is 34.7. The molecule has 64 heavy (non-hydrogen) atoms. The van der Waals surface area contributed by atoms with Crippen molar-refractivity contribution in [2.45, 2.75) is 6.92 Å². The van der Waals surface area contributed by atoms with Crippen molar-refractivity contribution >= 4 is 264 Å². The van der Waals surface area contributed by atoms with Crippen LogP contribution in [0.15, 0.2) is 79.4 Å². The van der Waals surface area contributed by atoms with Crippen LogP contribution in [-0.4, -0.2) is 124 Å². The first-order valence-electron chi connectivity index (χ1n) is 20.1. The maximum atomic E-state index is 7.61. The second kappa shape index (κ2) is 14.9. The summed E-state index contributed by atoms with van der Waals surface area (Å²) in [6.45, 7) is 6.24. The van der Waals surface area contributed by atoms with Gasteiger partial charge < -0.3 is 13.7 Å².